The van der Waals surface area contributed by atoms with Crippen LogP contribution in [0, 0.1) is 0 Å². The van der Waals surface area contributed by atoms with Gasteiger partial charge in [0.25, 0.3) is 5.56 Å². The average molecular weight is 342 g/mol. The first kappa shape index (κ1) is 16.1. The summed E-state index contributed by atoms with van der Waals surface area (Å²) in [6.45, 7) is 0.716. The molecule has 0 fully saturated rings. The topological polar surface area (TPSA) is 44.1 Å². The predicted octanol–water partition coefficient (Wildman–Crippen LogP) is 4.07. The van der Waals surface area contributed by atoms with Gasteiger partial charge in [0.15, 0.2) is 0 Å². The molecular weight excluding hydrogens is 324 g/mol. The highest BCUT2D eigenvalue weighted by Crippen LogP contribution is 2.26. The second-order valence-electron chi connectivity index (χ2n) is 6.15. The zero-order valence-electron chi connectivity index (χ0n) is 14.4. The van der Waals surface area contributed by atoms with Crippen molar-refractivity contribution in [3.8, 4) is 28.1 Å². The van der Waals surface area contributed by atoms with Gasteiger partial charge in [0, 0.05) is 24.5 Å². The molecule has 0 unspecified atom stereocenters. The van der Waals surface area contributed by atoms with Crippen molar-refractivity contribution in [1.29, 1.82) is 0 Å². The molecule has 128 valence electrons. The molecule has 0 bridgehead atoms. The second-order valence-corrected chi connectivity index (χ2v) is 6.15. The summed E-state index contributed by atoms with van der Waals surface area (Å²) < 4.78 is 7.26. The molecule has 4 heteroatoms. The van der Waals surface area contributed by atoms with Crippen LogP contribution >= 0.6 is 0 Å². The molecule has 2 aliphatic heterocycles. The molecule has 2 aliphatic rings. The third-order valence-electron chi connectivity index (χ3n) is 4.37. The lowest BCUT2D eigenvalue weighted by molar-refractivity contribution is 0.415. The Labute approximate surface area is 151 Å². The molecule has 2 aromatic rings. The van der Waals surface area contributed by atoms with Gasteiger partial charge in [-0.05, 0) is 35.4 Å². The quantitative estimate of drug-likeness (QED) is 0.561. The van der Waals surface area contributed by atoms with Crippen LogP contribution in [0.15, 0.2) is 83.9 Å². The largest absolute Gasteiger partial charge is 0.497 e. The zero-order valence-corrected chi connectivity index (χ0v) is 14.4. The summed E-state index contributed by atoms with van der Waals surface area (Å²) in [7, 11) is 1.62. The number of fused-ring (bicyclic) bond motifs is 1. The fourth-order valence-electron chi connectivity index (χ4n) is 3.03. The number of methoxy groups -OCH3 is 1. The Morgan fingerprint density at radius 1 is 0.962 bits per heavy atom. The molecule has 0 amide bonds. The van der Waals surface area contributed by atoms with Gasteiger partial charge < -0.3 is 9.30 Å². The minimum atomic E-state index is -0.220. The summed E-state index contributed by atoms with van der Waals surface area (Å²) >= 11 is 0. The Morgan fingerprint density at radius 3 is 2.62 bits per heavy atom. The van der Waals surface area contributed by atoms with E-state index < -0.39 is 0 Å². The van der Waals surface area contributed by atoms with E-state index >= 15 is 0 Å². The molecule has 0 aliphatic carbocycles. The normalized spacial score (nSPS) is 10.8. The fourth-order valence-corrected chi connectivity index (χ4v) is 3.03. The van der Waals surface area contributed by atoms with Crippen LogP contribution in [0.2, 0.25) is 0 Å². The maximum atomic E-state index is 12.6. The van der Waals surface area contributed by atoms with E-state index in [1.165, 1.54) is 5.56 Å². The van der Waals surface area contributed by atoms with E-state index in [0.29, 0.717) is 17.8 Å². The van der Waals surface area contributed by atoms with Crippen LogP contribution < -0.4 is 10.3 Å². The first-order valence-corrected chi connectivity index (χ1v) is 8.42. The Morgan fingerprint density at radius 2 is 1.81 bits per heavy atom. The summed E-state index contributed by atoms with van der Waals surface area (Å²) in [5.74, 6) is 0.741. The van der Waals surface area contributed by atoms with Gasteiger partial charge in [0.2, 0.25) is 0 Å². The van der Waals surface area contributed by atoms with Gasteiger partial charge >= 0.3 is 0 Å². The number of rotatable bonds is 4. The lowest BCUT2D eigenvalue weighted by Crippen LogP contribution is -2.13. The standard InChI is InChI=1S/C22H18N2O2/c1-26-19-9-5-8-18(12-19)21-13-17-10-11-24(15-20(17)22(25)23-21)14-16-6-3-2-4-7-16/h2-13,15H,14H2,1H3. The smallest absolute Gasteiger partial charge is 0.279 e. The van der Waals surface area contributed by atoms with Crippen molar-refractivity contribution >= 4 is 0 Å². The first-order valence-electron chi connectivity index (χ1n) is 8.42. The fraction of sp³-hybridized carbons (Fsp3) is 0.0909. The summed E-state index contributed by atoms with van der Waals surface area (Å²) in [6.07, 6.45) is 3.86. The molecular formula is C22H18N2O2. The van der Waals surface area contributed by atoms with E-state index in [9.17, 15) is 4.79 Å². The number of benzene rings is 2. The van der Waals surface area contributed by atoms with Crippen molar-refractivity contribution in [2.75, 3.05) is 7.11 Å². The summed E-state index contributed by atoms with van der Waals surface area (Å²) in [5.41, 5.74) is 3.99. The van der Waals surface area contributed by atoms with Crippen molar-refractivity contribution in [1.82, 2.24) is 9.55 Å². The minimum absolute atomic E-state index is 0.220. The molecule has 0 atom stereocenters. The van der Waals surface area contributed by atoms with Crippen molar-refractivity contribution in [3.63, 3.8) is 0 Å². The minimum Gasteiger partial charge on any atom is -0.497 e. The van der Waals surface area contributed by atoms with Gasteiger partial charge in [-0.15, -0.1) is 0 Å². The molecule has 2 heterocycles. The summed E-state index contributed by atoms with van der Waals surface area (Å²) in [6, 6.07) is 21.6. The second kappa shape index (κ2) is 6.84. The van der Waals surface area contributed by atoms with E-state index in [1.807, 2.05) is 71.6 Å². The van der Waals surface area contributed by atoms with Crippen LogP contribution in [0.3, 0.4) is 0 Å². The van der Waals surface area contributed by atoms with Gasteiger partial charge in [-0.25, -0.2) is 4.98 Å². The van der Waals surface area contributed by atoms with E-state index in [4.69, 9.17) is 4.74 Å². The van der Waals surface area contributed by atoms with Crippen molar-refractivity contribution < 1.29 is 4.74 Å². The average Bonchev–Trinajstić information content (AvgIpc) is 2.69. The molecule has 0 spiro atoms. The number of nitrogens with zero attached hydrogens (tertiary/aromatic N) is 2. The van der Waals surface area contributed by atoms with Crippen molar-refractivity contribution in [2.24, 2.45) is 0 Å². The Bertz CT molecular complexity index is 1070. The molecule has 0 N–H and O–H groups in total. The highest BCUT2D eigenvalue weighted by molar-refractivity contribution is 5.71. The monoisotopic (exact) mass is 342 g/mol. The highest BCUT2D eigenvalue weighted by atomic mass is 16.5. The number of hydrogen-bond acceptors (Lipinski definition) is 3. The Kier molecular flexibility index (Phi) is 4.23. The molecule has 0 radical (unpaired) electrons. The zero-order chi connectivity index (χ0) is 17.9. The van der Waals surface area contributed by atoms with Crippen molar-refractivity contribution in [2.45, 2.75) is 6.54 Å². The van der Waals surface area contributed by atoms with Gasteiger partial charge in [-0.3, -0.25) is 4.79 Å². The number of ether oxygens (including phenoxy) is 1. The van der Waals surface area contributed by atoms with E-state index in [-0.39, 0.29) is 5.56 Å². The lowest BCUT2D eigenvalue weighted by Gasteiger charge is -2.12. The predicted molar refractivity (Wildman–Crippen MR) is 103 cm³/mol. The number of pyridine rings is 2. The van der Waals surface area contributed by atoms with Gasteiger partial charge in [-0.1, -0.05) is 42.5 Å². The molecule has 0 aromatic heterocycles. The molecule has 0 saturated carbocycles. The Hall–Kier alpha value is -3.40. The SMILES string of the molecule is COc1cccc(-c2cc3ccn(Cc4ccccc4)cc-3c(=O)n2)c1. The molecule has 2 aromatic carbocycles. The number of aromatic nitrogens is 2. The first-order chi connectivity index (χ1) is 12.7. The van der Waals surface area contributed by atoms with E-state index in [0.717, 1.165) is 16.9 Å². The van der Waals surface area contributed by atoms with Crippen LogP contribution in [-0.4, -0.2) is 16.7 Å². The van der Waals surface area contributed by atoms with Crippen LogP contribution in [0.5, 0.6) is 5.75 Å². The van der Waals surface area contributed by atoms with Gasteiger partial charge in [-0.2, -0.15) is 0 Å². The summed E-state index contributed by atoms with van der Waals surface area (Å²) in [4.78, 5) is 16.8. The summed E-state index contributed by atoms with van der Waals surface area (Å²) in [5, 5.41) is 0. The van der Waals surface area contributed by atoms with Crippen LogP contribution in [0.25, 0.3) is 22.4 Å². The molecule has 26 heavy (non-hydrogen) atoms. The van der Waals surface area contributed by atoms with Crippen LogP contribution in [0.1, 0.15) is 5.56 Å². The van der Waals surface area contributed by atoms with Crippen molar-refractivity contribution in [3.05, 3.63) is 95.0 Å². The maximum absolute atomic E-state index is 12.6. The van der Waals surface area contributed by atoms with Gasteiger partial charge in [0.1, 0.15) is 5.75 Å². The highest BCUT2D eigenvalue weighted by Gasteiger charge is 2.12. The molecule has 4 nitrogen and oxygen atoms in total. The van der Waals surface area contributed by atoms with Crippen LogP contribution in [-0.2, 0) is 6.54 Å². The lowest BCUT2D eigenvalue weighted by atomic mass is 10.0. The third-order valence-corrected chi connectivity index (χ3v) is 4.37. The maximum Gasteiger partial charge on any atom is 0.279 e. The van der Waals surface area contributed by atoms with Crippen LogP contribution in [0.4, 0.5) is 0 Å². The molecule has 4 rings (SSSR count). The Balaban J connectivity index is 1.73. The molecule has 0 saturated heterocycles. The van der Waals surface area contributed by atoms with Gasteiger partial charge in [0.05, 0.1) is 18.4 Å². The van der Waals surface area contributed by atoms with E-state index in [2.05, 4.69) is 17.1 Å². The number of hydrogen-bond donors (Lipinski definition) is 0. The van der Waals surface area contributed by atoms with E-state index in [1.54, 1.807) is 7.11 Å². The third kappa shape index (κ3) is 3.22.